The highest BCUT2D eigenvalue weighted by Gasteiger charge is 2.15. The van der Waals surface area contributed by atoms with E-state index in [2.05, 4.69) is 25.4 Å². The maximum atomic E-state index is 5.39. The molecule has 0 atom stereocenters. The average Bonchev–Trinajstić information content (AvgIpc) is 3.19. The number of nitrogens with zero attached hydrogens (tertiary/aromatic N) is 5. The Hall–Kier alpha value is -2.61. The highest BCUT2D eigenvalue weighted by atomic mass is 16.5. The zero-order valence-electron chi connectivity index (χ0n) is 11.4. The molecule has 0 unspecified atom stereocenters. The van der Waals surface area contributed by atoms with E-state index in [1.807, 2.05) is 22.7 Å². The molecule has 3 aromatic rings. The van der Waals surface area contributed by atoms with Gasteiger partial charge in [-0.15, -0.1) is 0 Å². The van der Waals surface area contributed by atoms with Crippen LogP contribution in [-0.4, -0.2) is 50.9 Å². The quantitative estimate of drug-likeness (QED) is 0.748. The van der Waals surface area contributed by atoms with E-state index in [0.717, 1.165) is 43.6 Å². The largest absolute Gasteiger partial charge is 0.378 e. The number of anilines is 3. The monoisotopic (exact) mass is 285 g/mol. The van der Waals surface area contributed by atoms with Crippen molar-refractivity contribution >= 4 is 23.2 Å². The predicted molar refractivity (Wildman–Crippen MR) is 77.9 cm³/mol. The molecule has 4 rings (SSSR count). The normalized spacial score (nSPS) is 15.5. The van der Waals surface area contributed by atoms with Crippen LogP contribution in [0.2, 0.25) is 0 Å². The molecular weight excluding hydrogens is 270 g/mol. The molecule has 0 amide bonds. The Labute approximate surface area is 120 Å². The number of nitrogens with one attached hydrogen (secondary N) is 2. The number of aromatic amines is 1. The topological polar surface area (TPSA) is 83.4 Å². The van der Waals surface area contributed by atoms with E-state index in [-0.39, 0.29) is 0 Å². The fraction of sp³-hybridized carbons (Fsp3) is 0.308. The second kappa shape index (κ2) is 5.06. The lowest BCUT2D eigenvalue weighted by Crippen LogP contribution is -2.36. The standard InChI is InChI=1S/C13H15N7O/c1-2-15-18-10(1)16-13-17-12(19-5-7-21-8-6-19)9-11-14-3-4-20(11)13/h1-4,9H,5-8H2,(H2,15,16,17,18). The van der Waals surface area contributed by atoms with Crippen molar-refractivity contribution in [1.29, 1.82) is 0 Å². The minimum atomic E-state index is 0.693. The van der Waals surface area contributed by atoms with Crippen LogP contribution < -0.4 is 10.2 Å². The summed E-state index contributed by atoms with van der Waals surface area (Å²) in [6.07, 6.45) is 5.40. The van der Waals surface area contributed by atoms with Crippen molar-refractivity contribution in [2.45, 2.75) is 0 Å². The minimum Gasteiger partial charge on any atom is -0.378 e. The van der Waals surface area contributed by atoms with E-state index < -0.39 is 0 Å². The molecule has 1 saturated heterocycles. The molecule has 0 saturated carbocycles. The first-order valence-electron chi connectivity index (χ1n) is 6.84. The fourth-order valence-electron chi connectivity index (χ4n) is 2.40. The third-order valence-electron chi connectivity index (χ3n) is 3.45. The van der Waals surface area contributed by atoms with Crippen LogP contribution in [0.15, 0.2) is 30.7 Å². The van der Waals surface area contributed by atoms with E-state index in [9.17, 15) is 0 Å². The summed E-state index contributed by atoms with van der Waals surface area (Å²) in [7, 11) is 0. The minimum absolute atomic E-state index is 0.693. The van der Waals surface area contributed by atoms with Crippen molar-refractivity contribution in [2.24, 2.45) is 0 Å². The zero-order chi connectivity index (χ0) is 14.1. The summed E-state index contributed by atoms with van der Waals surface area (Å²) in [5, 5.41) is 10.1. The molecule has 3 aromatic heterocycles. The number of aromatic nitrogens is 5. The zero-order valence-corrected chi connectivity index (χ0v) is 11.4. The van der Waals surface area contributed by atoms with Crippen LogP contribution in [0.4, 0.5) is 17.6 Å². The molecule has 1 aliphatic heterocycles. The Kier molecular flexibility index (Phi) is 2.93. The summed E-state index contributed by atoms with van der Waals surface area (Å²) >= 11 is 0. The average molecular weight is 285 g/mol. The van der Waals surface area contributed by atoms with E-state index in [4.69, 9.17) is 9.72 Å². The molecular formula is C13H15N7O. The van der Waals surface area contributed by atoms with Crippen molar-refractivity contribution in [1.82, 2.24) is 24.6 Å². The third-order valence-corrected chi connectivity index (χ3v) is 3.45. The molecule has 8 heteroatoms. The summed E-state index contributed by atoms with van der Waals surface area (Å²) < 4.78 is 7.29. The van der Waals surface area contributed by atoms with E-state index >= 15 is 0 Å². The molecule has 0 aromatic carbocycles. The number of hydrogen-bond donors (Lipinski definition) is 2. The number of morpholine rings is 1. The van der Waals surface area contributed by atoms with Crippen LogP contribution in [0.25, 0.3) is 5.65 Å². The van der Waals surface area contributed by atoms with Crippen molar-refractivity contribution in [3.8, 4) is 0 Å². The van der Waals surface area contributed by atoms with Gasteiger partial charge in [-0.1, -0.05) is 0 Å². The second-order valence-electron chi connectivity index (χ2n) is 4.78. The Bertz CT molecular complexity index is 730. The van der Waals surface area contributed by atoms with Crippen LogP contribution in [0.5, 0.6) is 0 Å². The lowest BCUT2D eigenvalue weighted by atomic mass is 10.4. The smallest absolute Gasteiger partial charge is 0.216 e. The molecule has 8 nitrogen and oxygen atoms in total. The summed E-state index contributed by atoms with van der Waals surface area (Å²) in [5.74, 6) is 2.31. The summed E-state index contributed by atoms with van der Waals surface area (Å²) in [6.45, 7) is 3.13. The highest BCUT2D eigenvalue weighted by Crippen LogP contribution is 2.21. The fourth-order valence-corrected chi connectivity index (χ4v) is 2.40. The molecule has 0 spiro atoms. The molecule has 0 radical (unpaired) electrons. The van der Waals surface area contributed by atoms with Crippen molar-refractivity contribution in [3.63, 3.8) is 0 Å². The Morgan fingerprint density at radius 1 is 1.29 bits per heavy atom. The first-order chi connectivity index (χ1) is 10.4. The molecule has 0 aliphatic carbocycles. The lowest BCUT2D eigenvalue weighted by Gasteiger charge is -2.28. The molecule has 21 heavy (non-hydrogen) atoms. The van der Waals surface area contributed by atoms with E-state index in [1.54, 1.807) is 12.4 Å². The molecule has 2 N–H and O–H groups in total. The summed E-state index contributed by atoms with van der Waals surface area (Å²) in [4.78, 5) is 11.3. The lowest BCUT2D eigenvalue weighted by molar-refractivity contribution is 0.122. The first-order valence-corrected chi connectivity index (χ1v) is 6.84. The van der Waals surface area contributed by atoms with Crippen molar-refractivity contribution < 1.29 is 4.74 Å². The van der Waals surface area contributed by atoms with Gasteiger partial charge in [0.15, 0.2) is 5.82 Å². The number of hydrogen-bond acceptors (Lipinski definition) is 6. The Balaban J connectivity index is 1.74. The first kappa shape index (κ1) is 12.2. The van der Waals surface area contributed by atoms with Crippen LogP contribution in [0.3, 0.4) is 0 Å². The van der Waals surface area contributed by atoms with Gasteiger partial charge in [-0.25, -0.2) is 4.98 Å². The van der Waals surface area contributed by atoms with E-state index in [1.165, 1.54) is 0 Å². The maximum Gasteiger partial charge on any atom is 0.216 e. The summed E-state index contributed by atoms with van der Waals surface area (Å²) in [6, 6.07) is 3.84. The SMILES string of the molecule is c1cn2c(Nc3cc[nH]n3)nc(N3CCOCC3)cc2n1. The second-order valence-corrected chi connectivity index (χ2v) is 4.78. The number of fused-ring (bicyclic) bond motifs is 1. The Morgan fingerprint density at radius 2 is 2.19 bits per heavy atom. The van der Waals surface area contributed by atoms with Crippen LogP contribution in [0.1, 0.15) is 0 Å². The van der Waals surface area contributed by atoms with Gasteiger partial charge >= 0.3 is 0 Å². The van der Waals surface area contributed by atoms with Crippen molar-refractivity contribution in [3.05, 3.63) is 30.7 Å². The van der Waals surface area contributed by atoms with Crippen molar-refractivity contribution in [2.75, 3.05) is 36.5 Å². The van der Waals surface area contributed by atoms with E-state index in [0.29, 0.717) is 5.95 Å². The third kappa shape index (κ3) is 2.29. The van der Waals surface area contributed by atoms with Gasteiger partial charge in [0.25, 0.3) is 0 Å². The maximum absolute atomic E-state index is 5.39. The van der Waals surface area contributed by atoms with Gasteiger partial charge in [-0.05, 0) is 0 Å². The summed E-state index contributed by atoms with van der Waals surface area (Å²) in [5.41, 5.74) is 0.851. The van der Waals surface area contributed by atoms with Gasteiger partial charge in [0.1, 0.15) is 11.5 Å². The molecule has 1 fully saturated rings. The highest BCUT2D eigenvalue weighted by molar-refractivity contribution is 5.60. The van der Waals surface area contributed by atoms with Gasteiger partial charge in [0.2, 0.25) is 5.95 Å². The predicted octanol–water partition coefficient (Wildman–Crippen LogP) is 1.03. The number of ether oxygens (including phenoxy) is 1. The number of rotatable bonds is 3. The van der Waals surface area contributed by atoms with Gasteiger partial charge in [-0.3, -0.25) is 9.50 Å². The van der Waals surface area contributed by atoms with Gasteiger partial charge in [0.05, 0.1) is 13.2 Å². The van der Waals surface area contributed by atoms with Gasteiger partial charge < -0.3 is 15.0 Å². The molecule has 4 heterocycles. The van der Waals surface area contributed by atoms with Crippen LogP contribution in [-0.2, 0) is 4.74 Å². The van der Waals surface area contributed by atoms with Crippen LogP contribution in [0, 0.1) is 0 Å². The molecule has 0 bridgehead atoms. The number of H-pyrrole nitrogens is 1. The van der Waals surface area contributed by atoms with Crippen LogP contribution >= 0.6 is 0 Å². The van der Waals surface area contributed by atoms with Gasteiger partial charge in [-0.2, -0.15) is 10.1 Å². The molecule has 1 aliphatic rings. The number of imidazole rings is 1. The Morgan fingerprint density at radius 3 is 3.00 bits per heavy atom. The molecule has 108 valence electrons. The van der Waals surface area contributed by atoms with Gasteiger partial charge in [0, 0.05) is 43.8 Å².